The molecule has 0 atom stereocenters. The summed E-state index contributed by atoms with van der Waals surface area (Å²) in [5.74, 6) is -0.703. The summed E-state index contributed by atoms with van der Waals surface area (Å²) >= 11 is 0. The van der Waals surface area contributed by atoms with Crippen LogP contribution in [0.2, 0.25) is 0 Å². The minimum Gasteiger partial charge on any atom is -0.354 e. The summed E-state index contributed by atoms with van der Waals surface area (Å²) in [6.45, 7) is 0.958. The van der Waals surface area contributed by atoms with Crippen molar-refractivity contribution < 1.29 is 9.18 Å². The van der Waals surface area contributed by atoms with Crippen LogP contribution in [-0.4, -0.2) is 26.6 Å². The molecule has 1 N–H and O–H groups in total. The first-order valence-electron chi connectivity index (χ1n) is 9.71. The largest absolute Gasteiger partial charge is 0.354 e. The average molecular weight is 404 g/mol. The van der Waals surface area contributed by atoms with Crippen LogP contribution in [0.1, 0.15) is 11.1 Å². The second-order valence-corrected chi connectivity index (χ2v) is 6.97. The zero-order valence-electron chi connectivity index (χ0n) is 16.3. The molecule has 0 unspecified atom stereocenters. The number of carbonyl (C=O) groups excluding carboxylic acids is 1. The van der Waals surface area contributed by atoms with E-state index in [1.54, 1.807) is 39.6 Å². The number of nitrogens with zero attached hydrogens (tertiary/aromatic N) is 3. The normalized spacial score (nSPS) is 11.0. The first-order chi connectivity index (χ1) is 14.6. The van der Waals surface area contributed by atoms with Crippen LogP contribution in [0.25, 0.3) is 11.2 Å². The fourth-order valence-corrected chi connectivity index (χ4v) is 3.45. The van der Waals surface area contributed by atoms with Gasteiger partial charge in [0.25, 0.3) is 0 Å². The Morgan fingerprint density at radius 3 is 2.53 bits per heavy atom. The van der Waals surface area contributed by atoms with Crippen LogP contribution in [-0.2, 0) is 24.3 Å². The molecule has 30 heavy (non-hydrogen) atoms. The number of hydrogen-bond donors (Lipinski definition) is 1. The number of rotatable bonds is 7. The zero-order valence-corrected chi connectivity index (χ0v) is 16.3. The van der Waals surface area contributed by atoms with Gasteiger partial charge in [-0.15, -0.1) is 0 Å². The first kappa shape index (κ1) is 19.6. The van der Waals surface area contributed by atoms with Crippen molar-refractivity contribution in [2.75, 3.05) is 6.54 Å². The van der Waals surface area contributed by atoms with Crippen molar-refractivity contribution in [3.8, 4) is 0 Å². The highest BCUT2D eigenvalue weighted by Gasteiger charge is 2.14. The molecule has 0 spiro atoms. The van der Waals surface area contributed by atoms with Gasteiger partial charge in [0.2, 0.25) is 5.91 Å². The molecule has 0 saturated carbocycles. The van der Waals surface area contributed by atoms with Gasteiger partial charge < -0.3 is 5.32 Å². The van der Waals surface area contributed by atoms with Crippen LogP contribution >= 0.6 is 0 Å². The van der Waals surface area contributed by atoms with Gasteiger partial charge in [0.15, 0.2) is 5.65 Å². The van der Waals surface area contributed by atoms with Crippen molar-refractivity contribution in [1.82, 2.24) is 19.4 Å². The lowest BCUT2D eigenvalue weighted by atomic mass is 10.1. The van der Waals surface area contributed by atoms with Crippen LogP contribution in [0, 0.1) is 5.82 Å². The van der Waals surface area contributed by atoms with Crippen LogP contribution in [0.4, 0.5) is 4.39 Å². The molecule has 4 rings (SSSR count). The van der Waals surface area contributed by atoms with E-state index in [1.807, 2.05) is 36.4 Å². The summed E-state index contributed by atoms with van der Waals surface area (Å²) in [6.07, 6.45) is 1.59. The van der Waals surface area contributed by atoms with E-state index in [0.717, 1.165) is 11.1 Å². The smallest absolute Gasteiger partial charge is 0.330 e. The van der Waals surface area contributed by atoms with Gasteiger partial charge in [0.05, 0.1) is 18.5 Å². The number of pyridine rings is 1. The monoisotopic (exact) mass is 404 g/mol. The standard InChI is InChI=1S/C23H21FN4O2/c24-19-10-5-4-9-18(19)15-21(29)25-13-14-27-22-20(11-6-12-26-22)28(23(27)30)16-17-7-2-1-3-8-17/h1-12H,13-16H2,(H,25,29). The van der Waals surface area contributed by atoms with Crippen molar-refractivity contribution in [3.05, 3.63) is 100 Å². The third-order valence-corrected chi connectivity index (χ3v) is 4.92. The van der Waals surface area contributed by atoms with Gasteiger partial charge in [-0.2, -0.15) is 0 Å². The third kappa shape index (κ3) is 4.15. The predicted octanol–water partition coefficient (Wildman–Crippen LogP) is 2.74. The summed E-state index contributed by atoms with van der Waals surface area (Å²) in [5, 5.41) is 2.76. The van der Waals surface area contributed by atoms with Crippen molar-refractivity contribution >= 4 is 17.1 Å². The molecule has 0 aliphatic rings. The van der Waals surface area contributed by atoms with Gasteiger partial charge in [0, 0.05) is 19.3 Å². The van der Waals surface area contributed by atoms with Crippen LogP contribution in [0.15, 0.2) is 77.7 Å². The van der Waals surface area contributed by atoms with E-state index in [9.17, 15) is 14.0 Å². The molecule has 0 aliphatic carbocycles. The molecule has 4 aromatic rings. The molecule has 7 heteroatoms. The molecule has 0 aliphatic heterocycles. The van der Waals surface area contributed by atoms with E-state index in [4.69, 9.17) is 0 Å². The topological polar surface area (TPSA) is 68.9 Å². The predicted molar refractivity (Wildman–Crippen MR) is 113 cm³/mol. The maximum absolute atomic E-state index is 13.7. The molecule has 0 radical (unpaired) electrons. The van der Waals surface area contributed by atoms with Crippen molar-refractivity contribution in [3.63, 3.8) is 0 Å². The number of amides is 1. The quantitative estimate of drug-likeness (QED) is 0.515. The fourth-order valence-electron chi connectivity index (χ4n) is 3.45. The SMILES string of the molecule is O=C(Cc1ccccc1F)NCCn1c(=O)n(Cc2ccccc2)c2cccnc21. The van der Waals surface area contributed by atoms with Gasteiger partial charge in [-0.1, -0.05) is 48.5 Å². The Labute approximate surface area is 172 Å². The van der Waals surface area contributed by atoms with Crippen LogP contribution < -0.4 is 11.0 Å². The second-order valence-electron chi connectivity index (χ2n) is 6.97. The second kappa shape index (κ2) is 8.73. The van der Waals surface area contributed by atoms with Crippen molar-refractivity contribution in [1.29, 1.82) is 0 Å². The van der Waals surface area contributed by atoms with Crippen LogP contribution in [0.3, 0.4) is 0 Å². The minimum absolute atomic E-state index is 0.0460. The fraction of sp³-hybridized carbons (Fsp3) is 0.174. The summed E-state index contributed by atoms with van der Waals surface area (Å²) in [6, 6.07) is 19.6. The number of nitrogens with one attached hydrogen (secondary N) is 1. The number of halogens is 1. The van der Waals surface area contributed by atoms with E-state index in [1.165, 1.54) is 6.07 Å². The molecule has 0 fully saturated rings. The highest BCUT2D eigenvalue weighted by molar-refractivity contribution is 5.78. The molecule has 0 saturated heterocycles. The first-order valence-corrected chi connectivity index (χ1v) is 9.71. The van der Waals surface area contributed by atoms with Crippen molar-refractivity contribution in [2.24, 2.45) is 0 Å². The van der Waals surface area contributed by atoms with Gasteiger partial charge in [-0.3, -0.25) is 13.9 Å². The molecular formula is C23H21FN4O2. The van der Waals surface area contributed by atoms with Crippen molar-refractivity contribution in [2.45, 2.75) is 19.5 Å². The number of hydrogen-bond acceptors (Lipinski definition) is 3. The lowest BCUT2D eigenvalue weighted by molar-refractivity contribution is -0.120. The maximum atomic E-state index is 13.7. The highest BCUT2D eigenvalue weighted by Crippen LogP contribution is 2.12. The summed E-state index contributed by atoms with van der Waals surface area (Å²) < 4.78 is 16.9. The molecule has 2 aromatic carbocycles. The summed E-state index contributed by atoms with van der Waals surface area (Å²) in [5.41, 5.74) is 2.48. The Bertz CT molecular complexity index is 1230. The van der Waals surface area contributed by atoms with E-state index in [2.05, 4.69) is 10.3 Å². The van der Waals surface area contributed by atoms with E-state index in [-0.39, 0.29) is 31.1 Å². The maximum Gasteiger partial charge on any atom is 0.330 e. The van der Waals surface area contributed by atoms with Gasteiger partial charge >= 0.3 is 5.69 Å². The number of carbonyl (C=O) groups is 1. The average Bonchev–Trinajstić information content (AvgIpc) is 3.02. The molecule has 1 amide bonds. The molecule has 152 valence electrons. The Hall–Kier alpha value is -3.74. The Balaban J connectivity index is 1.49. The third-order valence-electron chi connectivity index (χ3n) is 4.92. The van der Waals surface area contributed by atoms with Gasteiger partial charge in [-0.05, 0) is 29.3 Å². The van der Waals surface area contributed by atoms with E-state index in [0.29, 0.717) is 17.8 Å². The highest BCUT2D eigenvalue weighted by atomic mass is 19.1. The molecule has 6 nitrogen and oxygen atoms in total. The number of imidazole rings is 1. The Kier molecular flexibility index (Phi) is 5.70. The van der Waals surface area contributed by atoms with E-state index < -0.39 is 5.82 Å². The van der Waals surface area contributed by atoms with E-state index >= 15 is 0 Å². The Morgan fingerprint density at radius 2 is 1.73 bits per heavy atom. The molecule has 0 bridgehead atoms. The summed E-state index contributed by atoms with van der Waals surface area (Å²) in [7, 11) is 0. The lowest BCUT2D eigenvalue weighted by Crippen LogP contribution is -2.32. The number of aromatic nitrogens is 3. The minimum atomic E-state index is -0.406. The number of fused-ring (bicyclic) bond motifs is 1. The molecule has 2 aromatic heterocycles. The summed E-state index contributed by atoms with van der Waals surface area (Å²) in [4.78, 5) is 29.6. The van der Waals surface area contributed by atoms with Gasteiger partial charge in [-0.25, -0.2) is 14.2 Å². The molecule has 2 heterocycles. The van der Waals surface area contributed by atoms with Gasteiger partial charge in [0.1, 0.15) is 5.82 Å². The Morgan fingerprint density at radius 1 is 0.967 bits per heavy atom. The van der Waals surface area contributed by atoms with Crippen LogP contribution in [0.5, 0.6) is 0 Å². The lowest BCUT2D eigenvalue weighted by Gasteiger charge is -2.07. The number of benzene rings is 2. The molecular weight excluding hydrogens is 383 g/mol. The zero-order chi connectivity index (χ0) is 20.9.